The molecule has 0 aliphatic rings. The van der Waals surface area contributed by atoms with Crippen LogP contribution in [0.15, 0.2) is 46.6 Å². The number of halogens is 4. The minimum atomic E-state index is -1.53. The molecule has 0 atom stereocenters. The molecule has 0 amide bonds. The van der Waals surface area contributed by atoms with Gasteiger partial charge in [0.05, 0.1) is 0 Å². The van der Waals surface area contributed by atoms with Crippen LogP contribution in [0.3, 0.4) is 0 Å². The van der Waals surface area contributed by atoms with Crippen LogP contribution >= 0.6 is 19.4 Å². The molecule has 0 N–H and O–H groups in total. The first kappa shape index (κ1) is 34.4. The monoisotopic (exact) mass is 618 g/mol. The zero-order valence-electron chi connectivity index (χ0n) is 16.2. The zero-order chi connectivity index (χ0) is 21.5. The van der Waals surface area contributed by atoms with Gasteiger partial charge in [0.15, 0.2) is 0 Å². The molecule has 0 bridgehead atoms. The van der Waals surface area contributed by atoms with Crippen molar-refractivity contribution < 1.29 is 49.7 Å². The molecule has 0 aromatic rings. The van der Waals surface area contributed by atoms with Gasteiger partial charge >= 0.3 is 69.1 Å². The third kappa shape index (κ3) is 64.1. The fourth-order valence-corrected chi connectivity index (χ4v) is 1.32. The molecule has 0 fully saturated rings. The average molecular weight is 618 g/mol. The van der Waals surface area contributed by atoms with Crippen molar-refractivity contribution in [3.05, 3.63) is 74.3 Å². The van der Waals surface area contributed by atoms with Crippen LogP contribution in [0, 0.1) is 47.1 Å². The van der Waals surface area contributed by atoms with Crippen LogP contribution in [0.4, 0.5) is 0 Å². The van der Waals surface area contributed by atoms with Gasteiger partial charge in [0, 0.05) is 0 Å². The predicted octanol–water partition coefficient (Wildman–Crippen LogP) is 7.49. The van der Waals surface area contributed by atoms with E-state index in [1.54, 1.807) is 0 Å². The molecule has 0 aromatic carbocycles. The van der Waals surface area contributed by atoms with Gasteiger partial charge in [-0.25, -0.2) is 74.3 Å². The first-order valence-corrected chi connectivity index (χ1v) is 17.1. The van der Waals surface area contributed by atoms with E-state index in [0.717, 1.165) is 48.0 Å². The normalized spacial score (nSPS) is 12.6. The molecule has 26 heavy (non-hydrogen) atoms. The molecule has 6 heteroatoms. The van der Waals surface area contributed by atoms with Crippen LogP contribution in [-0.4, -0.2) is 0 Å². The Morgan fingerprint density at radius 2 is 0.808 bits per heavy atom. The van der Waals surface area contributed by atoms with Gasteiger partial charge in [0.2, 0.25) is 0 Å². The average Bonchev–Trinajstić information content (AvgIpc) is 2.49. The summed E-state index contributed by atoms with van der Waals surface area (Å²) in [5.41, 5.74) is 4.59. The first-order valence-electron chi connectivity index (χ1n) is 7.76. The number of rotatable bonds is 6. The van der Waals surface area contributed by atoms with Crippen LogP contribution in [0.25, 0.3) is 0 Å². The SMILES string of the molecule is [CH2-]C(C)=CCCC=C([CH2-])C.[CH2-]C(C)=CCCC=C([CH2-])C.[Cl][Ru+].[Cl][Ru-]([ClH+])[ClH+]. The van der Waals surface area contributed by atoms with E-state index in [-0.39, 0.29) is 0 Å². The predicted molar refractivity (Wildman–Crippen MR) is 109 cm³/mol. The summed E-state index contributed by atoms with van der Waals surface area (Å²) in [5.74, 6) is 0. The number of hydrogen-bond acceptors (Lipinski definition) is 0. The van der Waals surface area contributed by atoms with E-state index >= 15 is 0 Å². The molecule has 160 valence electrons. The molecular weight excluding hydrogens is 584 g/mol. The Morgan fingerprint density at radius 1 is 0.692 bits per heavy atom. The van der Waals surface area contributed by atoms with E-state index in [1.807, 2.05) is 45.0 Å². The van der Waals surface area contributed by atoms with Gasteiger partial charge in [-0.15, -0.1) is 25.7 Å². The molecule has 0 unspecified atom stereocenters. The van der Waals surface area contributed by atoms with E-state index in [9.17, 15) is 0 Å². The summed E-state index contributed by atoms with van der Waals surface area (Å²) in [6, 6.07) is 0. The van der Waals surface area contributed by atoms with Crippen LogP contribution in [-0.2, 0) is 30.3 Å². The van der Waals surface area contributed by atoms with Crippen molar-refractivity contribution in [2.45, 2.75) is 53.4 Å². The summed E-state index contributed by atoms with van der Waals surface area (Å²) in [6.07, 6.45) is 12.9. The van der Waals surface area contributed by atoms with Crippen LogP contribution < -0.4 is 0 Å². The van der Waals surface area contributed by atoms with Gasteiger partial charge in [-0.3, -0.25) is 0 Å². The minimum absolute atomic E-state index is 1.09. The maximum atomic E-state index is 5.05. The fourth-order valence-electron chi connectivity index (χ4n) is 1.32. The second-order valence-electron chi connectivity index (χ2n) is 5.52. The second kappa shape index (κ2) is 28.1. The topological polar surface area (TPSA) is 0 Å². The van der Waals surface area contributed by atoms with Crippen LogP contribution in [0.1, 0.15) is 53.4 Å². The van der Waals surface area contributed by atoms with Gasteiger partial charge in [-0.05, 0) is 0 Å². The van der Waals surface area contributed by atoms with Crippen molar-refractivity contribution in [1.82, 2.24) is 0 Å². The summed E-state index contributed by atoms with van der Waals surface area (Å²) >= 11 is 0.291. The van der Waals surface area contributed by atoms with Crippen LogP contribution in [0.5, 0.6) is 0 Å². The Labute approximate surface area is 195 Å². The molecule has 0 nitrogen and oxygen atoms in total. The molecule has 0 rings (SSSR count). The standard InChI is InChI=1S/2C10H16.4ClH.2Ru/c2*1-9(2)7-5-6-8-10(3)4;;;;;;/h2*7-8H,1,3,5-6H2,2,4H3;4*1H;;/q2*-2;;;;;2*+2/p-2. The van der Waals surface area contributed by atoms with E-state index in [1.165, 1.54) is 0 Å². The number of unbranched alkanes of at least 4 members (excludes halogenated alkanes) is 2. The summed E-state index contributed by atoms with van der Waals surface area (Å²) < 4.78 is 0. The van der Waals surface area contributed by atoms with Crippen molar-refractivity contribution in [3.63, 3.8) is 0 Å². The molecule has 0 aromatic heterocycles. The van der Waals surface area contributed by atoms with Gasteiger partial charge < -0.3 is 0 Å². The molecule has 0 saturated heterocycles. The van der Waals surface area contributed by atoms with Crippen molar-refractivity contribution in [3.8, 4) is 0 Å². The Morgan fingerprint density at radius 3 is 0.885 bits per heavy atom. The quantitative estimate of drug-likeness (QED) is 0.165. The zero-order valence-corrected chi connectivity index (χ0v) is 22.9. The molecule has 0 radical (unpaired) electrons. The van der Waals surface area contributed by atoms with Crippen molar-refractivity contribution in [2.24, 2.45) is 0 Å². The third-order valence-corrected chi connectivity index (χ3v) is 2.30. The Bertz CT molecular complexity index is 321. The summed E-state index contributed by atoms with van der Waals surface area (Å²) in [5, 5.41) is 0. The molecular formula is C20H34Cl4Ru2-2. The summed E-state index contributed by atoms with van der Waals surface area (Å²) in [4.78, 5) is 0. The van der Waals surface area contributed by atoms with Crippen molar-refractivity contribution >= 4 is 19.4 Å². The fraction of sp³-hybridized carbons (Fsp3) is 0.400. The van der Waals surface area contributed by atoms with E-state index in [4.69, 9.17) is 9.69 Å². The van der Waals surface area contributed by atoms with E-state index in [2.05, 4.69) is 81.1 Å². The maximum absolute atomic E-state index is 5.05. The van der Waals surface area contributed by atoms with Crippen molar-refractivity contribution in [2.75, 3.05) is 0 Å². The Kier molecular flexibility index (Phi) is 37.1. The molecule has 0 saturated carbocycles. The molecule has 0 spiro atoms. The van der Waals surface area contributed by atoms with E-state index in [0.29, 0.717) is 0 Å². The van der Waals surface area contributed by atoms with Crippen molar-refractivity contribution in [1.29, 1.82) is 0 Å². The number of allylic oxidation sites excluding steroid dienone is 8. The molecule has 0 aliphatic carbocycles. The van der Waals surface area contributed by atoms with Gasteiger partial charge in [0.1, 0.15) is 0 Å². The second-order valence-corrected chi connectivity index (χ2v) is 14.3. The Balaban J connectivity index is -0.000000143. The number of hydrogen-bond donors (Lipinski definition) is 0. The first-order chi connectivity index (χ1) is 12.0. The van der Waals surface area contributed by atoms with Crippen LogP contribution in [0.2, 0.25) is 0 Å². The third-order valence-electron chi connectivity index (χ3n) is 2.30. The van der Waals surface area contributed by atoms with E-state index < -0.39 is 13.0 Å². The van der Waals surface area contributed by atoms with Gasteiger partial charge in [0.25, 0.3) is 0 Å². The summed E-state index contributed by atoms with van der Waals surface area (Å²) in [6.45, 7) is 23.2. The Hall–Kier alpha value is 0.847. The molecule has 0 aliphatic heterocycles. The van der Waals surface area contributed by atoms with Gasteiger partial charge in [-0.2, -0.15) is 0 Å². The molecule has 0 heterocycles. The van der Waals surface area contributed by atoms with Gasteiger partial charge in [-0.1, -0.05) is 27.7 Å². The summed E-state index contributed by atoms with van der Waals surface area (Å²) in [7, 11) is 18.3.